The lowest BCUT2D eigenvalue weighted by atomic mass is 10.2. The van der Waals surface area contributed by atoms with Crippen LogP contribution >= 0.6 is 0 Å². The van der Waals surface area contributed by atoms with Crippen LogP contribution in [0.15, 0.2) is 17.8 Å². The molecule has 3 nitrogen and oxygen atoms in total. The van der Waals surface area contributed by atoms with Gasteiger partial charge in [0, 0.05) is 12.6 Å². The third-order valence-electron chi connectivity index (χ3n) is 3.15. The monoisotopic (exact) mass is 243 g/mol. The highest BCUT2D eigenvalue weighted by atomic mass is 28.4. The van der Waals surface area contributed by atoms with Crippen molar-refractivity contribution in [2.24, 2.45) is 5.16 Å². The summed E-state index contributed by atoms with van der Waals surface area (Å²) in [5, 5.41) is 11.7. The highest BCUT2D eigenvalue weighted by Gasteiger charge is 2.38. The van der Waals surface area contributed by atoms with Crippen molar-refractivity contribution in [1.82, 2.24) is 0 Å². The maximum absolute atomic E-state index is 8.44. The van der Waals surface area contributed by atoms with Gasteiger partial charge in [-0.05, 0) is 24.6 Å². The molecule has 0 bridgehead atoms. The van der Waals surface area contributed by atoms with Gasteiger partial charge in [0.1, 0.15) is 0 Å². The molecule has 0 saturated carbocycles. The molecule has 4 heteroatoms. The van der Waals surface area contributed by atoms with E-state index in [-0.39, 0.29) is 11.1 Å². The van der Waals surface area contributed by atoms with Gasteiger partial charge in [-0.15, -0.1) is 11.7 Å². The Kier molecular flexibility index (Phi) is 5.97. The molecule has 0 fully saturated rings. The van der Waals surface area contributed by atoms with Crippen molar-refractivity contribution in [1.29, 1.82) is 0 Å². The first-order chi connectivity index (χ1) is 7.24. The van der Waals surface area contributed by atoms with Crippen molar-refractivity contribution in [2.45, 2.75) is 57.8 Å². The molecule has 0 aliphatic heterocycles. The van der Waals surface area contributed by atoms with Gasteiger partial charge in [0.05, 0.1) is 6.10 Å². The molecule has 0 aliphatic rings. The number of rotatable bonds is 6. The summed E-state index contributed by atoms with van der Waals surface area (Å²) in [4.78, 5) is 0. The van der Waals surface area contributed by atoms with Crippen molar-refractivity contribution >= 4 is 14.5 Å². The lowest BCUT2D eigenvalue weighted by molar-refractivity contribution is 0.190. The molecule has 0 aliphatic carbocycles. The van der Waals surface area contributed by atoms with E-state index in [0.717, 1.165) is 6.42 Å². The van der Waals surface area contributed by atoms with Crippen LogP contribution in [0.25, 0.3) is 0 Å². The van der Waals surface area contributed by atoms with E-state index in [4.69, 9.17) is 9.63 Å². The predicted octanol–water partition coefficient (Wildman–Crippen LogP) is 3.80. The molecule has 16 heavy (non-hydrogen) atoms. The van der Waals surface area contributed by atoms with E-state index < -0.39 is 8.32 Å². The van der Waals surface area contributed by atoms with Crippen LogP contribution in [0.2, 0.25) is 18.1 Å². The quantitative estimate of drug-likeness (QED) is 0.253. The molecule has 0 amide bonds. The van der Waals surface area contributed by atoms with Crippen molar-refractivity contribution in [3.8, 4) is 0 Å². The molecule has 1 unspecified atom stereocenters. The van der Waals surface area contributed by atoms with Gasteiger partial charge in [-0.3, -0.25) is 0 Å². The zero-order chi connectivity index (χ0) is 12.8. The fourth-order valence-corrected chi connectivity index (χ4v) is 2.52. The molecule has 94 valence electrons. The van der Waals surface area contributed by atoms with Crippen LogP contribution in [0.5, 0.6) is 0 Å². The second-order valence-electron chi connectivity index (χ2n) is 5.56. The molecular formula is C12H25NO2Si. The Morgan fingerprint density at radius 2 is 1.94 bits per heavy atom. The third-order valence-corrected chi connectivity index (χ3v) is 7.68. The Bertz CT molecular complexity index is 244. The average Bonchev–Trinajstić information content (AvgIpc) is 2.12. The lowest BCUT2D eigenvalue weighted by Crippen LogP contribution is -2.43. The molecule has 0 aromatic heterocycles. The molecular weight excluding hydrogens is 218 g/mol. The predicted molar refractivity (Wildman–Crippen MR) is 71.8 cm³/mol. The highest BCUT2D eigenvalue weighted by Crippen LogP contribution is 2.37. The molecule has 1 atom stereocenters. The fraction of sp³-hybridized carbons (Fsp3) is 0.750. The number of oxime groups is 1. The standard InChI is InChI=1S/C12H25NO2Si/c1-7-8-11(9-10-13-14)15-16(5,6)12(2,3)4/h7,10-11,14H,1,8-9H2,2-6H3/b13-10-. The summed E-state index contributed by atoms with van der Waals surface area (Å²) in [6, 6.07) is 0. The fourth-order valence-electron chi connectivity index (χ4n) is 1.14. The Labute approximate surface area is 100 Å². The van der Waals surface area contributed by atoms with Crippen molar-refractivity contribution in [3.05, 3.63) is 12.7 Å². The van der Waals surface area contributed by atoms with Crippen LogP contribution in [-0.2, 0) is 4.43 Å². The molecule has 0 rings (SSSR count). The number of hydrogen-bond acceptors (Lipinski definition) is 3. The summed E-state index contributed by atoms with van der Waals surface area (Å²) in [7, 11) is -1.75. The summed E-state index contributed by atoms with van der Waals surface area (Å²) in [6.45, 7) is 14.8. The van der Waals surface area contributed by atoms with E-state index in [2.05, 4.69) is 45.6 Å². The normalized spacial score (nSPS) is 15.3. The minimum absolute atomic E-state index is 0.0780. The van der Waals surface area contributed by atoms with Crippen LogP contribution in [0.3, 0.4) is 0 Å². The smallest absolute Gasteiger partial charge is 0.192 e. The van der Waals surface area contributed by atoms with Crippen LogP contribution in [0.4, 0.5) is 0 Å². The topological polar surface area (TPSA) is 41.8 Å². The van der Waals surface area contributed by atoms with E-state index in [1.54, 1.807) is 0 Å². The van der Waals surface area contributed by atoms with E-state index >= 15 is 0 Å². The van der Waals surface area contributed by atoms with Gasteiger partial charge in [0.2, 0.25) is 0 Å². The maximum Gasteiger partial charge on any atom is 0.192 e. The van der Waals surface area contributed by atoms with E-state index in [0.29, 0.717) is 6.42 Å². The number of hydrogen-bond donors (Lipinski definition) is 1. The Hall–Kier alpha value is -0.613. The molecule has 1 N–H and O–H groups in total. The first kappa shape index (κ1) is 15.4. The Morgan fingerprint density at radius 3 is 2.31 bits per heavy atom. The van der Waals surface area contributed by atoms with Gasteiger partial charge >= 0.3 is 0 Å². The summed E-state index contributed by atoms with van der Waals surface area (Å²) in [5.74, 6) is 0. The van der Waals surface area contributed by atoms with Crippen molar-refractivity contribution in [3.63, 3.8) is 0 Å². The molecule has 0 heterocycles. The second-order valence-corrected chi connectivity index (χ2v) is 10.3. The van der Waals surface area contributed by atoms with Crippen LogP contribution < -0.4 is 0 Å². The SMILES string of the molecule is C=CCC(C/C=N\O)O[Si](C)(C)C(C)(C)C. The maximum atomic E-state index is 8.44. The minimum Gasteiger partial charge on any atom is -0.413 e. The molecule has 0 spiro atoms. The van der Waals surface area contributed by atoms with Crippen LogP contribution in [0, 0.1) is 0 Å². The summed E-state index contributed by atoms with van der Waals surface area (Å²) in [5.41, 5.74) is 0. The van der Waals surface area contributed by atoms with Gasteiger partial charge in [-0.2, -0.15) is 0 Å². The number of nitrogens with zero attached hydrogens (tertiary/aromatic N) is 1. The van der Waals surface area contributed by atoms with Gasteiger partial charge in [0.25, 0.3) is 0 Å². The lowest BCUT2D eigenvalue weighted by Gasteiger charge is -2.39. The Morgan fingerprint density at radius 1 is 1.38 bits per heavy atom. The first-order valence-electron chi connectivity index (χ1n) is 5.69. The van der Waals surface area contributed by atoms with Crippen LogP contribution in [-0.4, -0.2) is 25.8 Å². The largest absolute Gasteiger partial charge is 0.413 e. The second kappa shape index (κ2) is 6.20. The zero-order valence-corrected chi connectivity index (χ0v) is 12.2. The zero-order valence-electron chi connectivity index (χ0n) is 11.2. The van der Waals surface area contributed by atoms with Crippen LogP contribution in [0.1, 0.15) is 33.6 Å². The molecule has 0 aromatic rings. The van der Waals surface area contributed by atoms with Gasteiger partial charge in [0.15, 0.2) is 8.32 Å². The van der Waals surface area contributed by atoms with E-state index in [1.807, 2.05) is 6.08 Å². The van der Waals surface area contributed by atoms with E-state index in [1.165, 1.54) is 6.21 Å². The Balaban J connectivity index is 4.54. The average molecular weight is 243 g/mol. The van der Waals surface area contributed by atoms with Gasteiger partial charge in [-0.1, -0.05) is 26.8 Å². The van der Waals surface area contributed by atoms with Crippen molar-refractivity contribution in [2.75, 3.05) is 0 Å². The van der Waals surface area contributed by atoms with Gasteiger partial charge < -0.3 is 9.63 Å². The van der Waals surface area contributed by atoms with E-state index in [9.17, 15) is 0 Å². The minimum atomic E-state index is -1.75. The summed E-state index contributed by atoms with van der Waals surface area (Å²) < 4.78 is 6.21. The third kappa shape index (κ3) is 4.94. The first-order valence-corrected chi connectivity index (χ1v) is 8.60. The summed E-state index contributed by atoms with van der Waals surface area (Å²) in [6.07, 6.45) is 4.84. The van der Waals surface area contributed by atoms with Crippen molar-refractivity contribution < 1.29 is 9.63 Å². The van der Waals surface area contributed by atoms with Gasteiger partial charge in [-0.25, -0.2) is 0 Å². The highest BCUT2D eigenvalue weighted by molar-refractivity contribution is 6.74. The molecule has 0 radical (unpaired) electrons. The summed E-state index contributed by atoms with van der Waals surface area (Å²) >= 11 is 0. The molecule has 0 saturated heterocycles. The molecule has 0 aromatic carbocycles.